The Labute approximate surface area is 88.7 Å². The van der Waals surface area contributed by atoms with Gasteiger partial charge in [-0.05, 0) is 18.2 Å². The highest BCUT2D eigenvalue weighted by Gasteiger charge is 2.31. The van der Waals surface area contributed by atoms with Gasteiger partial charge in [0.15, 0.2) is 6.29 Å². The van der Waals surface area contributed by atoms with Crippen molar-refractivity contribution in [2.75, 3.05) is 0 Å². The molecule has 1 heterocycles. The molecule has 0 radical (unpaired) electrons. The van der Waals surface area contributed by atoms with Gasteiger partial charge >= 0.3 is 6.18 Å². The highest BCUT2D eigenvalue weighted by Crippen LogP contribution is 2.32. The van der Waals surface area contributed by atoms with Crippen LogP contribution in [0.25, 0.3) is 10.9 Å². The summed E-state index contributed by atoms with van der Waals surface area (Å²) in [7, 11) is 0. The first-order valence-electron chi connectivity index (χ1n) is 4.43. The van der Waals surface area contributed by atoms with Gasteiger partial charge in [-0.2, -0.15) is 13.2 Å². The van der Waals surface area contributed by atoms with Crippen LogP contribution in [0.4, 0.5) is 13.2 Å². The zero-order valence-electron chi connectivity index (χ0n) is 7.95. The second-order valence-corrected chi connectivity index (χ2v) is 3.26. The van der Waals surface area contributed by atoms with E-state index in [1.165, 1.54) is 18.3 Å². The third-order valence-corrected chi connectivity index (χ3v) is 2.19. The van der Waals surface area contributed by atoms with Crippen LogP contribution in [0.1, 0.15) is 15.9 Å². The smallest absolute Gasteiger partial charge is 0.298 e. The van der Waals surface area contributed by atoms with Gasteiger partial charge in [0.25, 0.3) is 0 Å². The Morgan fingerprint density at radius 3 is 2.62 bits per heavy atom. The molecule has 0 aliphatic rings. The van der Waals surface area contributed by atoms with Crippen LogP contribution in [0.3, 0.4) is 0 Å². The van der Waals surface area contributed by atoms with Crippen molar-refractivity contribution in [3.63, 3.8) is 0 Å². The van der Waals surface area contributed by atoms with E-state index >= 15 is 0 Å². The van der Waals surface area contributed by atoms with Gasteiger partial charge in [0.05, 0.1) is 11.1 Å². The highest BCUT2D eigenvalue weighted by atomic mass is 19.4. The summed E-state index contributed by atoms with van der Waals surface area (Å²) in [5.41, 5.74) is -0.606. The minimum atomic E-state index is -4.46. The summed E-state index contributed by atoms with van der Waals surface area (Å²) in [6, 6.07) is 4.80. The molecule has 16 heavy (non-hydrogen) atoms. The molecular formula is C11H6F3NO. The summed E-state index contributed by atoms with van der Waals surface area (Å²) in [6.07, 6.45) is -2.64. The van der Waals surface area contributed by atoms with Gasteiger partial charge in [-0.3, -0.25) is 9.78 Å². The van der Waals surface area contributed by atoms with E-state index in [1.54, 1.807) is 0 Å². The SMILES string of the molecule is O=Cc1cc(C(F)(F)F)cc2cccnc12. The first-order valence-corrected chi connectivity index (χ1v) is 4.43. The molecule has 1 aromatic carbocycles. The van der Waals surface area contributed by atoms with Crippen LogP contribution in [-0.2, 0) is 6.18 Å². The normalized spacial score (nSPS) is 11.7. The molecular weight excluding hydrogens is 219 g/mol. The van der Waals surface area contributed by atoms with Crippen molar-refractivity contribution >= 4 is 17.2 Å². The quantitative estimate of drug-likeness (QED) is 0.698. The van der Waals surface area contributed by atoms with Crippen LogP contribution in [0.2, 0.25) is 0 Å². The number of hydrogen-bond donors (Lipinski definition) is 0. The lowest BCUT2D eigenvalue weighted by Gasteiger charge is -2.08. The average Bonchev–Trinajstić information content (AvgIpc) is 2.26. The van der Waals surface area contributed by atoms with Gasteiger partial charge in [-0.1, -0.05) is 6.07 Å². The number of alkyl halides is 3. The van der Waals surface area contributed by atoms with Crippen LogP contribution < -0.4 is 0 Å². The Bertz CT molecular complexity index is 548. The van der Waals surface area contributed by atoms with Crippen molar-refractivity contribution < 1.29 is 18.0 Å². The Hall–Kier alpha value is -1.91. The molecule has 0 aliphatic carbocycles. The number of fused-ring (bicyclic) bond motifs is 1. The monoisotopic (exact) mass is 225 g/mol. The number of nitrogens with zero attached hydrogens (tertiary/aromatic N) is 1. The number of rotatable bonds is 1. The van der Waals surface area contributed by atoms with E-state index in [2.05, 4.69) is 4.98 Å². The molecule has 0 N–H and O–H groups in total. The molecule has 2 aromatic rings. The van der Waals surface area contributed by atoms with Gasteiger partial charge in [0.2, 0.25) is 0 Å². The third kappa shape index (κ3) is 1.76. The van der Waals surface area contributed by atoms with Crippen molar-refractivity contribution in [1.29, 1.82) is 0 Å². The van der Waals surface area contributed by atoms with Crippen LogP contribution in [0.15, 0.2) is 30.5 Å². The minimum Gasteiger partial charge on any atom is -0.298 e. The Balaban J connectivity index is 2.78. The van der Waals surface area contributed by atoms with Crippen LogP contribution in [-0.4, -0.2) is 11.3 Å². The molecule has 0 atom stereocenters. The van der Waals surface area contributed by atoms with E-state index in [0.29, 0.717) is 11.7 Å². The largest absolute Gasteiger partial charge is 0.416 e. The summed E-state index contributed by atoms with van der Waals surface area (Å²) in [5, 5.41) is 0.305. The highest BCUT2D eigenvalue weighted by molar-refractivity contribution is 5.96. The molecule has 0 spiro atoms. The van der Waals surface area contributed by atoms with E-state index in [1.807, 2.05) is 0 Å². The standard InChI is InChI=1S/C11H6F3NO/c12-11(13,14)9-4-7-2-1-3-15-10(7)8(5-9)6-16/h1-6H. The number of benzene rings is 1. The van der Waals surface area contributed by atoms with E-state index < -0.39 is 11.7 Å². The maximum atomic E-state index is 12.5. The molecule has 0 amide bonds. The molecule has 5 heteroatoms. The van der Waals surface area contributed by atoms with Gasteiger partial charge in [-0.25, -0.2) is 0 Å². The van der Waals surface area contributed by atoms with Crippen molar-refractivity contribution in [2.45, 2.75) is 6.18 Å². The predicted octanol–water partition coefficient (Wildman–Crippen LogP) is 3.07. The first kappa shape index (κ1) is 10.6. The van der Waals surface area contributed by atoms with Gasteiger partial charge in [0, 0.05) is 17.1 Å². The van der Waals surface area contributed by atoms with Crippen molar-refractivity contribution in [2.24, 2.45) is 0 Å². The van der Waals surface area contributed by atoms with Crippen LogP contribution >= 0.6 is 0 Å². The average molecular weight is 225 g/mol. The summed E-state index contributed by atoms with van der Waals surface area (Å²) < 4.78 is 37.5. The molecule has 0 saturated carbocycles. The Kier molecular flexibility index (Phi) is 2.38. The van der Waals surface area contributed by atoms with Crippen LogP contribution in [0, 0.1) is 0 Å². The molecule has 0 bridgehead atoms. The number of carbonyl (C=O) groups is 1. The van der Waals surface area contributed by atoms with E-state index in [-0.39, 0.29) is 11.1 Å². The number of pyridine rings is 1. The topological polar surface area (TPSA) is 30.0 Å². The van der Waals surface area contributed by atoms with E-state index in [0.717, 1.165) is 12.1 Å². The first-order chi connectivity index (χ1) is 7.52. The zero-order valence-corrected chi connectivity index (χ0v) is 7.95. The second kappa shape index (κ2) is 3.59. The van der Waals surface area contributed by atoms with E-state index in [9.17, 15) is 18.0 Å². The van der Waals surface area contributed by atoms with Gasteiger partial charge < -0.3 is 0 Å². The van der Waals surface area contributed by atoms with Crippen molar-refractivity contribution in [1.82, 2.24) is 4.98 Å². The maximum Gasteiger partial charge on any atom is 0.416 e. The fourth-order valence-electron chi connectivity index (χ4n) is 1.47. The van der Waals surface area contributed by atoms with Crippen molar-refractivity contribution in [3.05, 3.63) is 41.6 Å². The fraction of sp³-hybridized carbons (Fsp3) is 0.0909. The van der Waals surface area contributed by atoms with Crippen LogP contribution in [0.5, 0.6) is 0 Å². The molecule has 0 unspecified atom stereocenters. The fourth-order valence-corrected chi connectivity index (χ4v) is 1.47. The number of carbonyl (C=O) groups excluding carboxylic acids is 1. The lowest BCUT2D eigenvalue weighted by molar-refractivity contribution is -0.137. The molecule has 0 fully saturated rings. The molecule has 0 saturated heterocycles. The number of aromatic nitrogens is 1. The summed E-state index contributed by atoms with van der Waals surface area (Å²) in [5.74, 6) is 0. The molecule has 0 aliphatic heterocycles. The van der Waals surface area contributed by atoms with Gasteiger partial charge in [-0.15, -0.1) is 0 Å². The molecule has 2 rings (SSSR count). The Morgan fingerprint density at radius 1 is 1.25 bits per heavy atom. The summed E-state index contributed by atoms with van der Waals surface area (Å²) in [4.78, 5) is 14.6. The number of hydrogen-bond acceptors (Lipinski definition) is 2. The maximum absolute atomic E-state index is 12.5. The summed E-state index contributed by atoms with van der Waals surface area (Å²) in [6.45, 7) is 0. The van der Waals surface area contributed by atoms with E-state index in [4.69, 9.17) is 0 Å². The molecule has 82 valence electrons. The second-order valence-electron chi connectivity index (χ2n) is 3.26. The third-order valence-electron chi connectivity index (χ3n) is 2.19. The zero-order chi connectivity index (χ0) is 11.8. The number of aldehydes is 1. The number of halogens is 3. The predicted molar refractivity (Wildman–Crippen MR) is 52.1 cm³/mol. The molecule has 2 nitrogen and oxygen atoms in total. The lowest BCUT2D eigenvalue weighted by Crippen LogP contribution is -2.06. The van der Waals surface area contributed by atoms with Crippen molar-refractivity contribution in [3.8, 4) is 0 Å². The Morgan fingerprint density at radius 2 is 2.00 bits per heavy atom. The minimum absolute atomic E-state index is 0.0505. The lowest BCUT2D eigenvalue weighted by atomic mass is 10.1. The summed E-state index contributed by atoms with van der Waals surface area (Å²) >= 11 is 0. The molecule has 1 aromatic heterocycles. The van der Waals surface area contributed by atoms with Gasteiger partial charge in [0.1, 0.15) is 0 Å².